The van der Waals surface area contributed by atoms with E-state index in [1.165, 1.54) is 25.7 Å². The average Bonchev–Trinajstić information content (AvgIpc) is 2.40. The molecular weight excluding hydrogens is 266 g/mol. The van der Waals surface area contributed by atoms with E-state index in [9.17, 15) is 9.90 Å². The number of carboxylic acid groups (broad SMARTS) is 1. The third-order valence-electron chi connectivity index (χ3n) is 3.69. The monoisotopic (exact) mass is 301 g/mol. The first kappa shape index (κ1) is 20.4. The first-order valence-corrected chi connectivity index (χ1v) is 8.51. The second kappa shape index (κ2) is 12.0. The van der Waals surface area contributed by atoms with E-state index in [0.29, 0.717) is 6.42 Å². The summed E-state index contributed by atoms with van der Waals surface area (Å²) in [5.74, 6) is -0.770. The maximum absolute atomic E-state index is 11.4. The van der Waals surface area contributed by atoms with Crippen LogP contribution in [0.2, 0.25) is 0 Å². The van der Waals surface area contributed by atoms with Crippen LogP contribution >= 0.6 is 0 Å². The molecule has 0 rings (SSSR count). The molecule has 0 saturated heterocycles. The summed E-state index contributed by atoms with van der Waals surface area (Å²) < 4.78 is 5.60. The lowest BCUT2D eigenvalue weighted by Gasteiger charge is -2.28. The molecule has 2 N–H and O–H groups in total. The molecule has 0 fully saturated rings. The van der Waals surface area contributed by atoms with E-state index in [1.54, 1.807) is 6.92 Å². The Kier molecular flexibility index (Phi) is 11.6. The second-order valence-electron chi connectivity index (χ2n) is 6.42. The van der Waals surface area contributed by atoms with Crippen molar-refractivity contribution in [2.45, 2.75) is 90.6 Å². The molecule has 4 nitrogen and oxygen atoms in total. The number of hydrogen-bond donors (Lipinski definition) is 2. The van der Waals surface area contributed by atoms with Gasteiger partial charge < -0.3 is 9.84 Å². The van der Waals surface area contributed by atoms with Crippen molar-refractivity contribution >= 4 is 5.97 Å². The third kappa shape index (κ3) is 10.7. The Balaban J connectivity index is 3.61. The van der Waals surface area contributed by atoms with Gasteiger partial charge in [0.25, 0.3) is 0 Å². The number of nitrogens with one attached hydrogen (secondary N) is 1. The smallest absolute Gasteiger partial charge is 0.323 e. The van der Waals surface area contributed by atoms with E-state index < -0.39 is 11.5 Å². The molecule has 0 spiro atoms. The molecule has 0 bridgehead atoms. The van der Waals surface area contributed by atoms with E-state index in [-0.39, 0.29) is 6.04 Å². The predicted molar refractivity (Wildman–Crippen MR) is 87.7 cm³/mol. The van der Waals surface area contributed by atoms with E-state index in [1.807, 2.05) is 13.8 Å². The van der Waals surface area contributed by atoms with Crippen LogP contribution < -0.4 is 5.32 Å². The van der Waals surface area contributed by atoms with Crippen LogP contribution in [0.3, 0.4) is 0 Å². The Hall–Kier alpha value is -0.610. The van der Waals surface area contributed by atoms with Gasteiger partial charge in [-0.2, -0.15) is 0 Å². The highest BCUT2D eigenvalue weighted by molar-refractivity contribution is 5.78. The van der Waals surface area contributed by atoms with Gasteiger partial charge in [-0.3, -0.25) is 10.1 Å². The summed E-state index contributed by atoms with van der Waals surface area (Å²) in [7, 11) is 0. The zero-order chi connectivity index (χ0) is 16.1. The van der Waals surface area contributed by atoms with Gasteiger partial charge in [-0.05, 0) is 46.5 Å². The van der Waals surface area contributed by atoms with Crippen molar-refractivity contribution in [2.75, 3.05) is 13.2 Å². The largest absolute Gasteiger partial charge is 0.480 e. The van der Waals surface area contributed by atoms with Crippen molar-refractivity contribution in [1.29, 1.82) is 0 Å². The molecule has 0 aromatic carbocycles. The van der Waals surface area contributed by atoms with Gasteiger partial charge in [0.1, 0.15) is 5.54 Å². The fourth-order valence-electron chi connectivity index (χ4n) is 2.47. The molecular formula is C17H35NO3. The number of unbranched alkanes of at least 4 members (excludes halogenated alkanes) is 5. The maximum atomic E-state index is 11.4. The molecule has 0 aromatic rings. The van der Waals surface area contributed by atoms with Crippen molar-refractivity contribution in [3.63, 3.8) is 0 Å². The molecule has 1 atom stereocenters. The van der Waals surface area contributed by atoms with Crippen LogP contribution in [0.15, 0.2) is 0 Å². The van der Waals surface area contributed by atoms with Crippen molar-refractivity contribution in [3.05, 3.63) is 0 Å². The molecule has 126 valence electrons. The molecule has 0 amide bonds. The summed E-state index contributed by atoms with van der Waals surface area (Å²) in [4.78, 5) is 11.4. The first-order valence-electron chi connectivity index (χ1n) is 8.51. The SMILES string of the molecule is CCCCCCCOCCCCC(C)(NC(C)C)C(=O)O. The number of carboxylic acids is 1. The summed E-state index contributed by atoms with van der Waals surface area (Å²) in [6, 6.07) is 0.172. The standard InChI is InChI=1S/C17H35NO3/c1-5-6-7-8-10-13-21-14-11-9-12-17(4,16(19)20)18-15(2)3/h15,18H,5-14H2,1-4H3,(H,19,20). The second-order valence-corrected chi connectivity index (χ2v) is 6.42. The number of rotatable bonds is 14. The van der Waals surface area contributed by atoms with Crippen molar-refractivity contribution in [2.24, 2.45) is 0 Å². The molecule has 0 aromatic heterocycles. The third-order valence-corrected chi connectivity index (χ3v) is 3.69. The fourth-order valence-corrected chi connectivity index (χ4v) is 2.47. The van der Waals surface area contributed by atoms with Crippen molar-refractivity contribution in [1.82, 2.24) is 5.32 Å². The molecule has 21 heavy (non-hydrogen) atoms. The van der Waals surface area contributed by atoms with Crippen LogP contribution in [0.5, 0.6) is 0 Å². The molecule has 4 heteroatoms. The molecule has 1 unspecified atom stereocenters. The Morgan fingerprint density at radius 3 is 2.19 bits per heavy atom. The summed E-state index contributed by atoms with van der Waals surface area (Å²) in [5.41, 5.74) is -0.825. The minimum atomic E-state index is -0.825. The Morgan fingerprint density at radius 1 is 1.10 bits per heavy atom. The average molecular weight is 301 g/mol. The van der Waals surface area contributed by atoms with E-state index >= 15 is 0 Å². The lowest BCUT2D eigenvalue weighted by atomic mass is 9.94. The molecule has 0 heterocycles. The quantitative estimate of drug-likeness (QED) is 0.476. The lowest BCUT2D eigenvalue weighted by molar-refractivity contribution is -0.144. The van der Waals surface area contributed by atoms with Gasteiger partial charge in [-0.1, -0.05) is 32.6 Å². The predicted octanol–water partition coefficient (Wildman–Crippen LogP) is 3.99. The van der Waals surface area contributed by atoms with Gasteiger partial charge in [0.2, 0.25) is 0 Å². The number of ether oxygens (including phenoxy) is 1. The molecule has 0 aliphatic heterocycles. The van der Waals surface area contributed by atoms with Gasteiger partial charge in [0, 0.05) is 19.3 Å². The van der Waals surface area contributed by atoms with Crippen LogP contribution in [-0.2, 0) is 9.53 Å². The van der Waals surface area contributed by atoms with Crippen LogP contribution in [0, 0.1) is 0 Å². The highest BCUT2D eigenvalue weighted by Gasteiger charge is 2.32. The minimum absolute atomic E-state index is 0.172. The molecule has 0 aliphatic rings. The number of hydrogen-bond acceptors (Lipinski definition) is 3. The molecule has 0 aliphatic carbocycles. The number of carbonyl (C=O) groups is 1. The van der Waals surface area contributed by atoms with Crippen molar-refractivity contribution < 1.29 is 14.6 Å². The van der Waals surface area contributed by atoms with E-state index in [4.69, 9.17) is 4.74 Å². The minimum Gasteiger partial charge on any atom is -0.480 e. The van der Waals surface area contributed by atoms with E-state index in [0.717, 1.165) is 32.5 Å². The van der Waals surface area contributed by atoms with Crippen LogP contribution in [-0.4, -0.2) is 35.9 Å². The number of aliphatic carboxylic acids is 1. The summed E-state index contributed by atoms with van der Waals surface area (Å²) in [6.07, 6.45) is 8.73. The highest BCUT2D eigenvalue weighted by Crippen LogP contribution is 2.15. The topological polar surface area (TPSA) is 58.6 Å². The van der Waals surface area contributed by atoms with Gasteiger partial charge in [0.05, 0.1) is 0 Å². The Morgan fingerprint density at radius 2 is 1.67 bits per heavy atom. The maximum Gasteiger partial charge on any atom is 0.323 e. The lowest BCUT2D eigenvalue weighted by Crippen LogP contribution is -2.52. The zero-order valence-corrected chi connectivity index (χ0v) is 14.4. The first-order chi connectivity index (χ1) is 9.92. The molecule has 0 saturated carbocycles. The van der Waals surface area contributed by atoms with Gasteiger partial charge in [-0.15, -0.1) is 0 Å². The summed E-state index contributed by atoms with van der Waals surface area (Å²) >= 11 is 0. The van der Waals surface area contributed by atoms with Gasteiger partial charge in [0.15, 0.2) is 0 Å². The fraction of sp³-hybridized carbons (Fsp3) is 0.941. The van der Waals surface area contributed by atoms with Crippen LogP contribution in [0.25, 0.3) is 0 Å². The van der Waals surface area contributed by atoms with Gasteiger partial charge >= 0.3 is 5.97 Å². The van der Waals surface area contributed by atoms with Crippen LogP contribution in [0.4, 0.5) is 0 Å². The van der Waals surface area contributed by atoms with E-state index in [2.05, 4.69) is 12.2 Å². The summed E-state index contributed by atoms with van der Waals surface area (Å²) in [6.45, 7) is 9.51. The summed E-state index contributed by atoms with van der Waals surface area (Å²) in [5, 5.41) is 12.5. The molecule has 0 radical (unpaired) electrons. The van der Waals surface area contributed by atoms with Crippen LogP contribution in [0.1, 0.15) is 79.1 Å². The Labute approximate surface area is 130 Å². The highest BCUT2D eigenvalue weighted by atomic mass is 16.5. The zero-order valence-electron chi connectivity index (χ0n) is 14.4. The normalized spacial score (nSPS) is 14.3. The van der Waals surface area contributed by atoms with Gasteiger partial charge in [-0.25, -0.2) is 0 Å². The Bertz CT molecular complexity index is 269. The van der Waals surface area contributed by atoms with Crippen molar-refractivity contribution in [3.8, 4) is 0 Å².